The van der Waals surface area contributed by atoms with E-state index >= 15 is 0 Å². The van der Waals surface area contributed by atoms with Crippen LogP contribution in [-0.4, -0.2) is 24.0 Å². The fraction of sp³-hybridized carbons (Fsp3) is 0.750. The van der Waals surface area contributed by atoms with E-state index in [2.05, 4.69) is 22.5 Å². The molecule has 1 aliphatic heterocycles. The van der Waals surface area contributed by atoms with Crippen LogP contribution in [0, 0.1) is 18.8 Å². The number of nitrogens with zero attached hydrogens (tertiary/aromatic N) is 1. The summed E-state index contributed by atoms with van der Waals surface area (Å²) in [7, 11) is 0. The van der Waals surface area contributed by atoms with Crippen molar-refractivity contribution < 1.29 is 4.79 Å². The van der Waals surface area contributed by atoms with E-state index in [1.165, 1.54) is 17.7 Å². The Kier molecular flexibility index (Phi) is 9.67. The second-order valence-electron chi connectivity index (χ2n) is 6.72. The first kappa shape index (κ1) is 22.6. The first-order valence-electron chi connectivity index (χ1n) is 7.83. The Bertz CT molecular complexity index is 487. The van der Waals surface area contributed by atoms with Gasteiger partial charge in [0.05, 0.1) is 5.54 Å². The van der Waals surface area contributed by atoms with Gasteiger partial charge in [-0.05, 0) is 58.5 Å². The highest BCUT2D eigenvalue weighted by Gasteiger charge is 2.28. The molecule has 7 heteroatoms. The van der Waals surface area contributed by atoms with Gasteiger partial charge in [0.25, 0.3) is 0 Å². The van der Waals surface area contributed by atoms with Crippen LogP contribution in [0.5, 0.6) is 0 Å². The maximum Gasteiger partial charge on any atom is 0.221 e. The molecule has 23 heavy (non-hydrogen) atoms. The second-order valence-corrected chi connectivity index (χ2v) is 7.95. The molecule has 1 fully saturated rings. The van der Waals surface area contributed by atoms with Crippen LogP contribution in [0.1, 0.15) is 49.9 Å². The van der Waals surface area contributed by atoms with Crippen LogP contribution < -0.4 is 10.6 Å². The summed E-state index contributed by atoms with van der Waals surface area (Å²) in [5, 5.41) is 7.50. The van der Waals surface area contributed by atoms with E-state index < -0.39 is 0 Å². The fourth-order valence-corrected chi connectivity index (χ4v) is 3.79. The average Bonchev–Trinajstić information content (AvgIpc) is 2.86. The summed E-state index contributed by atoms with van der Waals surface area (Å²) in [6.45, 7) is 10.5. The summed E-state index contributed by atoms with van der Waals surface area (Å²) < 4.78 is 0. The Morgan fingerprint density at radius 1 is 1.43 bits per heavy atom. The number of aromatic nitrogens is 1. The maximum atomic E-state index is 12.3. The molecule has 0 aromatic carbocycles. The zero-order chi connectivity index (χ0) is 15.5. The van der Waals surface area contributed by atoms with Crippen molar-refractivity contribution in [3.05, 3.63) is 16.1 Å². The zero-order valence-electron chi connectivity index (χ0n) is 14.3. The SMILES string of the molecule is Cc1cnc(C(C)(C)NC(=O)CC(C)C2CCNCC2)s1.Cl.Cl. The number of halogens is 2. The number of thiazole rings is 1. The monoisotopic (exact) mass is 381 g/mol. The van der Waals surface area contributed by atoms with Gasteiger partial charge in [-0.15, -0.1) is 36.2 Å². The first-order valence-corrected chi connectivity index (χ1v) is 8.65. The van der Waals surface area contributed by atoms with Crippen molar-refractivity contribution in [2.75, 3.05) is 13.1 Å². The molecule has 0 saturated carbocycles. The van der Waals surface area contributed by atoms with Gasteiger partial charge in [-0.1, -0.05) is 6.92 Å². The number of aryl methyl sites for hydroxylation is 1. The molecule has 2 N–H and O–H groups in total. The molecule has 2 heterocycles. The number of nitrogens with one attached hydrogen (secondary N) is 2. The molecular weight excluding hydrogens is 353 g/mol. The quantitative estimate of drug-likeness (QED) is 0.817. The van der Waals surface area contributed by atoms with Crippen LogP contribution >= 0.6 is 36.2 Å². The summed E-state index contributed by atoms with van der Waals surface area (Å²) in [5.41, 5.74) is -0.385. The van der Waals surface area contributed by atoms with Crippen molar-refractivity contribution in [3.8, 4) is 0 Å². The Balaban J connectivity index is 0.00000242. The largest absolute Gasteiger partial charge is 0.345 e. The van der Waals surface area contributed by atoms with Crippen molar-refractivity contribution in [2.24, 2.45) is 11.8 Å². The maximum absolute atomic E-state index is 12.3. The van der Waals surface area contributed by atoms with Gasteiger partial charge < -0.3 is 10.6 Å². The van der Waals surface area contributed by atoms with Crippen molar-refractivity contribution >= 4 is 42.1 Å². The summed E-state index contributed by atoms with van der Waals surface area (Å²) in [6, 6.07) is 0. The van der Waals surface area contributed by atoms with Crippen molar-refractivity contribution in [3.63, 3.8) is 0 Å². The summed E-state index contributed by atoms with van der Waals surface area (Å²) in [6.07, 6.45) is 4.84. The molecule has 2 rings (SSSR count). The van der Waals surface area contributed by atoms with Crippen LogP contribution in [0.25, 0.3) is 0 Å². The highest BCUT2D eigenvalue weighted by molar-refractivity contribution is 7.11. The number of hydrogen-bond acceptors (Lipinski definition) is 4. The third-order valence-corrected chi connectivity index (χ3v) is 5.54. The Hall–Kier alpha value is -0.360. The minimum absolute atomic E-state index is 0. The lowest BCUT2D eigenvalue weighted by Crippen LogP contribution is -2.42. The van der Waals surface area contributed by atoms with E-state index in [9.17, 15) is 4.79 Å². The molecule has 1 unspecified atom stereocenters. The van der Waals surface area contributed by atoms with Crippen molar-refractivity contribution in [2.45, 2.75) is 52.5 Å². The molecular formula is C16H29Cl2N3OS. The Morgan fingerprint density at radius 3 is 2.57 bits per heavy atom. The van der Waals surface area contributed by atoms with Crippen LogP contribution in [0.4, 0.5) is 0 Å². The third-order valence-electron chi connectivity index (χ3n) is 4.30. The molecule has 0 spiro atoms. The van der Waals surface area contributed by atoms with Crippen LogP contribution in [0.15, 0.2) is 6.20 Å². The second kappa shape index (κ2) is 9.82. The molecule has 1 atom stereocenters. The number of carbonyl (C=O) groups is 1. The molecule has 0 bridgehead atoms. The minimum atomic E-state index is -0.385. The molecule has 1 aromatic heterocycles. The number of rotatable bonds is 5. The fourth-order valence-electron chi connectivity index (χ4n) is 2.97. The van der Waals surface area contributed by atoms with E-state index in [-0.39, 0.29) is 36.3 Å². The van der Waals surface area contributed by atoms with E-state index in [0.29, 0.717) is 18.3 Å². The van der Waals surface area contributed by atoms with Crippen LogP contribution in [0.3, 0.4) is 0 Å². The summed E-state index contributed by atoms with van der Waals surface area (Å²) in [4.78, 5) is 17.9. The molecule has 0 aliphatic carbocycles. The topological polar surface area (TPSA) is 54.0 Å². The predicted molar refractivity (Wildman–Crippen MR) is 102 cm³/mol. The molecule has 1 aliphatic rings. The van der Waals surface area contributed by atoms with Gasteiger partial charge in [0.2, 0.25) is 5.91 Å². The van der Waals surface area contributed by atoms with Gasteiger partial charge in [-0.3, -0.25) is 4.79 Å². The Labute approximate surface area is 156 Å². The number of amides is 1. The van der Waals surface area contributed by atoms with E-state index in [1.807, 2.05) is 27.0 Å². The van der Waals surface area contributed by atoms with E-state index in [1.54, 1.807) is 11.3 Å². The smallest absolute Gasteiger partial charge is 0.221 e. The molecule has 1 amide bonds. The van der Waals surface area contributed by atoms with Crippen molar-refractivity contribution in [1.82, 2.24) is 15.6 Å². The molecule has 134 valence electrons. The van der Waals surface area contributed by atoms with Gasteiger partial charge in [0, 0.05) is 17.5 Å². The lowest BCUT2D eigenvalue weighted by molar-refractivity contribution is -0.124. The molecule has 4 nitrogen and oxygen atoms in total. The lowest BCUT2D eigenvalue weighted by Gasteiger charge is -2.29. The normalized spacial score (nSPS) is 16.9. The number of carbonyl (C=O) groups excluding carboxylic acids is 1. The van der Waals surface area contributed by atoms with Gasteiger partial charge in [0.1, 0.15) is 5.01 Å². The van der Waals surface area contributed by atoms with E-state index in [0.717, 1.165) is 18.1 Å². The predicted octanol–water partition coefficient (Wildman–Crippen LogP) is 3.67. The third kappa shape index (κ3) is 6.57. The molecule has 0 radical (unpaired) electrons. The Morgan fingerprint density at radius 2 is 2.04 bits per heavy atom. The van der Waals surface area contributed by atoms with Gasteiger partial charge in [0.15, 0.2) is 0 Å². The minimum Gasteiger partial charge on any atom is -0.345 e. The van der Waals surface area contributed by atoms with Crippen LogP contribution in [-0.2, 0) is 10.3 Å². The number of hydrogen-bond donors (Lipinski definition) is 2. The first-order chi connectivity index (χ1) is 9.88. The molecule has 1 aromatic rings. The van der Waals surface area contributed by atoms with Gasteiger partial charge in [-0.2, -0.15) is 0 Å². The van der Waals surface area contributed by atoms with E-state index in [4.69, 9.17) is 0 Å². The lowest BCUT2D eigenvalue weighted by atomic mass is 9.84. The summed E-state index contributed by atoms with van der Waals surface area (Å²) in [5.74, 6) is 1.25. The summed E-state index contributed by atoms with van der Waals surface area (Å²) >= 11 is 1.65. The molecule has 1 saturated heterocycles. The van der Waals surface area contributed by atoms with Gasteiger partial charge >= 0.3 is 0 Å². The average molecular weight is 382 g/mol. The number of piperidine rings is 1. The highest BCUT2D eigenvalue weighted by atomic mass is 35.5. The highest BCUT2D eigenvalue weighted by Crippen LogP contribution is 2.27. The van der Waals surface area contributed by atoms with Crippen LogP contribution in [0.2, 0.25) is 0 Å². The van der Waals surface area contributed by atoms with Gasteiger partial charge in [-0.25, -0.2) is 4.98 Å². The standard InChI is InChI=1S/C16H27N3OS.2ClH/c1-11(13-5-7-17-8-6-13)9-14(20)19-16(3,4)15-18-10-12(2)21-15;;/h10-11,13,17H,5-9H2,1-4H3,(H,19,20);2*1H. The zero-order valence-corrected chi connectivity index (χ0v) is 16.8. The van der Waals surface area contributed by atoms with Crippen molar-refractivity contribution in [1.29, 1.82) is 0 Å².